The number of hydrogen-bond donors (Lipinski definition) is 1. The minimum absolute atomic E-state index is 0.608. The molecule has 2 N–H and O–H groups in total. The van der Waals surface area contributed by atoms with E-state index in [1.54, 1.807) is 6.20 Å². The van der Waals surface area contributed by atoms with Gasteiger partial charge in [-0.2, -0.15) is 0 Å². The normalized spacial score (nSPS) is 11.1. The summed E-state index contributed by atoms with van der Waals surface area (Å²) in [6.45, 7) is 0. The number of hydrogen-bond acceptors (Lipinski definition) is 4. The van der Waals surface area contributed by atoms with Gasteiger partial charge in [-0.05, 0) is 17.5 Å². The van der Waals surface area contributed by atoms with E-state index < -0.39 is 0 Å². The molecule has 3 rings (SSSR count). The second-order valence-electron chi connectivity index (χ2n) is 3.06. The van der Waals surface area contributed by atoms with E-state index in [4.69, 9.17) is 5.73 Å². The molecule has 68 valence electrons. The van der Waals surface area contributed by atoms with Crippen molar-refractivity contribution in [1.82, 2.24) is 9.97 Å². The van der Waals surface area contributed by atoms with E-state index in [0.717, 1.165) is 15.6 Å². The first kappa shape index (κ1) is 7.70. The molecule has 3 nitrogen and oxygen atoms in total. The molecule has 0 atom stereocenters. The Morgan fingerprint density at radius 2 is 2.14 bits per heavy atom. The van der Waals surface area contributed by atoms with E-state index >= 15 is 0 Å². The van der Waals surface area contributed by atoms with Gasteiger partial charge in [0.05, 0.1) is 10.2 Å². The average molecular weight is 201 g/mol. The lowest BCUT2D eigenvalue weighted by atomic mass is 10.2. The summed E-state index contributed by atoms with van der Waals surface area (Å²) in [6, 6.07) is 6.02. The van der Waals surface area contributed by atoms with Crippen LogP contribution in [-0.4, -0.2) is 9.97 Å². The summed E-state index contributed by atoms with van der Waals surface area (Å²) < 4.78 is 1.12. The molecule has 4 heteroatoms. The van der Waals surface area contributed by atoms with E-state index in [1.165, 1.54) is 16.7 Å². The molecule has 0 amide bonds. The predicted octanol–water partition coefficient (Wildman–Crippen LogP) is 2.43. The highest BCUT2D eigenvalue weighted by molar-refractivity contribution is 7.23. The lowest BCUT2D eigenvalue weighted by Gasteiger charge is -1.95. The van der Waals surface area contributed by atoms with E-state index in [1.807, 2.05) is 24.4 Å². The van der Waals surface area contributed by atoms with Gasteiger partial charge in [-0.25, -0.2) is 4.98 Å². The van der Waals surface area contributed by atoms with Gasteiger partial charge in [0.15, 0.2) is 5.13 Å². The third kappa shape index (κ3) is 0.975. The molecule has 0 radical (unpaired) electrons. The molecule has 0 bridgehead atoms. The Morgan fingerprint density at radius 1 is 1.21 bits per heavy atom. The number of fused-ring (bicyclic) bond motifs is 3. The number of rotatable bonds is 0. The molecule has 1 aromatic carbocycles. The van der Waals surface area contributed by atoms with Gasteiger partial charge in [0.1, 0.15) is 0 Å². The second-order valence-corrected chi connectivity index (χ2v) is 4.09. The first-order valence-electron chi connectivity index (χ1n) is 4.23. The maximum atomic E-state index is 5.67. The van der Waals surface area contributed by atoms with Gasteiger partial charge in [0, 0.05) is 17.8 Å². The standard InChI is InChI=1S/C10H7N3S/c11-10-13-8-2-1-6-3-4-12-5-7(6)9(8)14-10/h1-5H,(H2,11,13). The fourth-order valence-electron chi connectivity index (χ4n) is 1.56. The van der Waals surface area contributed by atoms with Crippen LogP contribution >= 0.6 is 11.3 Å². The van der Waals surface area contributed by atoms with Crippen molar-refractivity contribution in [2.45, 2.75) is 0 Å². The minimum atomic E-state index is 0.608. The molecule has 3 aromatic rings. The van der Waals surface area contributed by atoms with Gasteiger partial charge < -0.3 is 5.73 Å². The monoisotopic (exact) mass is 201 g/mol. The molecule has 2 heterocycles. The van der Waals surface area contributed by atoms with Gasteiger partial charge >= 0.3 is 0 Å². The summed E-state index contributed by atoms with van der Waals surface area (Å²) in [5.74, 6) is 0. The maximum absolute atomic E-state index is 5.67. The molecule has 0 saturated heterocycles. The van der Waals surface area contributed by atoms with Crippen molar-refractivity contribution in [3.05, 3.63) is 30.6 Å². The van der Waals surface area contributed by atoms with Crippen molar-refractivity contribution < 1.29 is 0 Å². The van der Waals surface area contributed by atoms with Gasteiger partial charge in [0.2, 0.25) is 0 Å². The van der Waals surface area contributed by atoms with Crippen LogP contribution in [-0.2, 0) is 0 Å². The number of nitrogens with two attached hydrogens (primary N) is 1. The maximum Gasteiger partial charge on any atom is 0.181 e. The van der Waals surface area contributed by atoms with Gasteiger partial charge in [0.25, 0.3) is 0 Å². The summed E-state index contributed by atoms with van der Waals surface area (Å²) in [7, 11) is 0. The Hall–Kier alpha value is -1.68. The fraction of sp³-hybridized carbons (Fsp3) is 0. The smallest absolute Gasteiger partial charge is 0.181 e. The zero-order valence-electron chi connectivity index (χ0n) is 7.27. The first-order valence-corrected chi connectivity index (χ1v) is 5.05. The van der Waals surface area contributed by atoms with Crippen LogP contribution in [0.25, 0.3) is 21.0 Å². The summed E-state index contributed by atoms with van der Waals surface area (Å²) in [4.78, 5) is 8.34. The summed E-state index contributed by atoms with van der Waals surface area (Å²) in [5, 5.41) is 2.91. The van der Waals surface area contributed by atoms with E-state index in [2.05, 4.69) is 9.97 Å². The largest absolute Gasteiger partial charge is 0.375 e. The quantitative estimate of drug-likeness (QED) is 0.607. The van der Waals surface area contributed by atoms with Crippen molar-refractivity contribution in [2.24, 2.45) is 0 Å². The highest BCUT2D eigenvalue weighted by Crippen LogP contribution is 2.30. The zero-order chi connectivity index (χ0) is 9.54. The molecule has 0 aliphatic rings. The summed E-state index contributed by atoms with van der Waals surface area (Å²) in [5.41, 5.74) is 6.62. The van der Waals surface area contributed by atoms with Crippen LogP contribution in [0.5, 0.6) is 0 Å². The molecule has 0 aliphatic heterocycles. The number of benzene rings is 1. The van der Waals surface area contributed by atoms with Gasteiger partial charge in [-0.1, -0.05) is 17.4 Å². The number of anilines is 1. The molecule has 14 heavy (non-hydrogen) atoms. The van der Waals surface area contributed by atoms with Gasteiger partial charge in [-0.3, -0.25) is 4.98 Å². The molecule has 0 fully saturated rings. The SMILES string of the molecule is Nc1nc2ccc3ccncc3c2s1. The lowest BCUT2D eigenvalue weighted by molar-refractivity contribution is 1.37. The summed E-state index contributed by atoms with van der Waals surface area (Å²) >= 11 is 1.51. The van der Waals surface area contributed by atoms with Crippen molar-refractivity contribution in [1.29, 1.82) is 0 Å². The molecule has 0 spiro atoms. The van der Waals surface area contributed by atoms with Crippen molar-refractivity contribution in [3.8, 4) is 0 Å². The third-order valence-electron chi connectivity index (χ3n) is 2.19. The van der Waals surface area contributed by atoms with Crippen LogP contribution in [0, 0.1) is 0 Å². The van der Waals surface area contributed by atoms with E-state index in [9.17, 15) is 0 Å². The first-order chi connectivity index (χ1) is 6.84. The zero-order valence-corrected chi connectivity index (χ0v) is 8.08. The minimum Gasteiger partial charge on any atom is -0.375 e. The molecule has 0 aliphatic carbocycles. The molecule has 0 saturated carbocycles. The van der Waals surface area contributed by atoms with Crippen LogP contribution in [0.4, 0.5) is 5.13 Å². The number of thiazole rings is 1. The number of nitrogens with zero attached hydrogens (tertiary/aromatic N) is 2. The highest BCUT2D eigenvalue weighted by Gasteiger charge is 2.04. The Bertz CT molecular complexity index is 615. The molecule has 2 aromatic heterocycles. The number of nitrogen functional groups attached to an aromatic ring is 1. The summed E-state index contributed by atoms with van der Waals surface area (Å²) in [6.07, 6.45) is 3.65. The fourth-order valence-corrected chi connectivity index (χ4v) is 2.42. The number of pyridine rings is 1. The second kappa shape index (κ2) is 2.65. The van der Waals surface area contributed by atoms with E-state index in [0.29, 0.717) is 5.13 Å². The van der Waals surface area contributed by atoms with Crippen molar-refractivity contribution in [2.75, 3.05) is 5.73 Å². The average Bonchev–Trinajstić information content (AvgIpc) is 2.59. The van der Waals surface area contributed by atoms with Crippen LogP contribution < -0.4 is 5.73 Å². The van der Waals surface area contributed by atoms with E-state index in [-0.39, 0.29) is 0 Å². The Balaban J connectivity index is 2.60. The van der Waals surface area contributed by atoms with Crippen LogP contribution in [0.15, 0.2) is 30.6 Å². The molecular formula is C10H7N3S. The van der Waals surface area contributed by atoms with Crippen LogP contribution in [0.1, 0.15) is 0 Å². The Morgan fingerprint density at radius 3 is 3.07 bits per heavy atom. The van der Waals surface area contributed by atoms with Crippen LogP contribution in [0.2, 0.25) is 0 Å². The van der Waals surface area contributed by atoms with Crippen LogP contribution in [0.3, 0.4) is 0 Å². The molecular weight excluding hydrogens is 194 g/mol. The lowest BCUT2D eigenvalue weighted by Crippen LogP contribution is -1.79. The Labute approximate surface area is 84.2 Å². The highest BCUT2D eigenvalue weighted by atomic mass is 32.1. The Kier molecular flexibility index (Phi) is 1.46. The third-order valence-corrected chi connectivity index (χ3v) is 3.12. The van der Waals surface area contributed by atoms with Crippen molar-refractivity contribution in [3.63, 3.8) is 0 Å². The van der Waals surface area contributed by atoms with Gasteiger partial charge in [-0.15, -0.1) is 0 Å². The van der Waals surface area contributed by atoms with Crippen molar-refractivity contribution >= 4 is 37.5 Å². The topological polar surface area (TPSA) is 51.8 Å². The number of aromatic nitrogens is 2. The molecule has 0 unspecified atom stereocenters. The predicted molar refractivity (Wildman–Crippen MR) is 59.3 cm³/mol.